The van der Waals surface area contributed by atoms with Crippen molar-refractivity contribution in [2.24, 2.45) is 5.73 Å². The van der Waals surface area contributed by atoms with Gasteiger partial charge in [-0.3, -0.25) is 4.98 Å². The third-order valence-corrected chi connectivity index (χ3v) is 3.38. The first-order valence-corrected chi connectivity index (χ1v) is 5.51. The summed E-state index contributed by atoms with van der Waals surface area (Å²) in [5, 5.41) is 9.35. The lowest BCUT2D eigenvalue weighted by atomic mass is 9.70. The minimum absolute atomic E-state index is 0.306. The number of ether oxygens (including phenoxy) is 1. The summed E-state index contributed by atoms with van der Waals surface area (Å²) in [4.78, 5) is 4.02. The van der Waals surface area contributed by atoms with Gasteiger partial charge in [-0.25, -0.2) is 0 Å². The molecule has 1 fully saturated rings. The molecule has 1 aliphatic rings. The molecule has 1 saturated carbocycles. The molecule has 3 N–H and O–H groups in total. The van der Waals surface area contributed by atoms with E-state index in [1.54, 1.807) is 19.5 Å². The zero-order valence-corrected chi connectivity index (χ0v) is 9.99. The largest absolute Gasteiger partial charge is 0.495 e. The fourth-order valence-electron chi connectivity index (χ4n) is 2.04. The van der Waals surface area contributed by atoms with Crippen molar-refractivity contribution in [1.82, 2.24) is 4.98 Å². The predicted octanol–water partition coefficient (Wildman–Crippen LogP) is 1.16. The Kier molecular flexibility index (Phi) is 2.70. The van der Waals surface area contributed by atoms with E-state index in [0.717, 1.165) is 10.0 Å². The van der Waals surface area contributed by atoms with Gasteiger partial charge in [-0.15, -0.1) is 0 Å². The number of methoxy groups -OCH3 is 1. The highest BCUT2D eigenvalue weighted by atomic mass is 79.9. The van der Waals surface area contributed by atoms with Crippen molar-refractivity contribution >= 4 is 15.9 Å². The van der Waals surface area contributed by atoms with E-state index in [1.165, 1.54) is 0 Å². The number of nitrogens with two attached hydrogens (primary N) is 1. The van der Waals surface area contributed by atoms with Gasteiger partial charge >= 0.3 is 0 Å². The molecule has 15 heavy (non-hydrogen) atoms. The number of hydrogen-bond donors (Lipinski definition) is 2. The van der Waals surface area contributed by atoms with E-state index in [4.69, 9.17) is 10.5 Å². The van der Waals surface area contributed by atoms with Crippen molar-refractivity contribution in [1.29, 1.82) is 0 Å². The maximum Gasteiger partial charge on any atom is 0.143 e. The molecule has 82 valence electrons. The number of aliphatic hydroxyl groups excluding tert-OH is 1. The van der Waals surface area contributed by atoms with Crippen molar-refractivity contribution in [3.8, 4) is 5.75 Å². The average Bonchev–Trinajstić information content (AvgIpc) is 2.14. The quantitative estimate of drug-likeness (QED) is 0.848. The fourth-order valence-corrected chi connectivity index (χ4v) is 2.75. The first-order chi connectivity index (χ1) is 7.07. The lowest BCUT2D eigenvalue weighted by molar-refractivity contribution is 0.0194. The summed E-state index contributed by atoms with van der Waals surface area (Å²) in [5.74, 6) is 0.666. The Morgan fingerprint density at radius 1 is 1.60 bits per heavy atom. The molecule has 0 spiro atoms. The highest BCUT2D eigenvalue weighted by Crippen LogP contribution is 2.45. The minimum atomic E-state index is -0.494. The monoisotopic (exact) mass is 272 g/mol. The van der Waals surface area contributed by atoms with Gasteiger partial charge in [0.15, 0.2) is 0 Å². The second kappa shape index (κ2) is 3.73. The normalized spacial score (nSPS) is 29.7. The zero-order chi connectivity index (χ0) is 11.1. The third-order valence-electron chi connectivity index (χ3n) is 2.78. The molecule has 1 aromatic rings. The SMILES string of the molecule is COc1cncc(Br)c1C1(N)CC(O)C1. The Morgan fingerprint density at radius 2 is 2.27 bits per heavy atom. The summed E-state index contributed by atoms with van der Waals surface area (Å²) in [6, 6.07) is 0. The summed E-state index contributed by atoms with van der Waals surface area (Å²) < 4.78 is 6.06. The van der Waals surface area contributed by atoms with Crippen LogP contribution in [0.4, 0.5) is 0 Å². The number of hydrogen-bond acceptors (Lipinski definition) is 4. The van der Waals surface area contributed by atoms with Crippen LogP contribution in [0.25, 0.3) is 0 Å². The topological polar surface area (TPSA) is 68.4 Å². The van der Waals surface area contributed by atoms with Gasteiger partial charge < -0.3 is 15.6 Å². The van der Waals surface area contributed by atoms with Crippen molar-refractivity contribution in [2.75, 3.05) is 7.11 Å². The maximum absolute atomic E-state index is 9.35. The number of aliphatic hydroxyl groups is 1. The minimum Gasteiger partial charge on any atom is -0.495 e. The smallest absolute Gasteiger partial charge is 0.143 e. The van der Waals surface area contributed by atoms with Gasteiger partial charge in [0.2, 0.25) is 0 Å². The van der Waals surface area contributed by atoms with Crippen molar-refractivity contribution in [3.63, 3.8) is 0 Å². The standard InChI is InChI=1S/C10H13BrN2O2/c1-15-8-5-13-4-7(11)9(8)10(12)2-6(14)3-10/h4-6,14H,2-3,12H2,1H3. The van der Waals surface area contributed by atoms with E-state index < -0.39 is 5.54 Å². The molecular weight excluding hydrogens is 260 g/mol. The average molecular weight is 273 g/mol. The fraction of sp³-hybridized carbons (Fsp3) is 0.500. The Bertz CT molecular complexity index is 378. The predicted molar refractivity (Wildman–Crippen MR) is 59.6 cm³/mol. The van der Waals surface area contributed by atoms with Crippen molar-refractivity contribution in [2.45, 2.75) is 24.5 Å². The maximum atomic E-state index is 9.35. The molecule has 1 aromatic heterocycles. The molecule has 2 rings (SSSR count). The highest BCUT2D eigenvalue weighted by Gasteiger charge is 2.44. The van der Waals surface area contributed by atoms with Crippen LogP contribution in [0, 0.1) is 0 Å². The van der Waals surface area contributed by atoms with Crippen molar-refractivity contribution < 1.29 is 9.84 Å². The molecule has 0 unspecified atom stereocenters. The lowest BCUT2D eigenvalue weighted by Gasteiger charge is -2.43. The number of halogens is 1. The van der Waals surface area contributed by atoms with Crippen molar-refractivity contribution in [3.05, 3.63) is 22.4 Å². The number of pyridine rings is 1. The first kappa shape index (κ1) is 10.9. The van der Waals surface area contributed by atoms with Crippen LogP contribution in [0.1, 0.15) is 18.4 Å². The molecule has 5 heteroatoms. The molecule has 4 nitrogen and oxygen atoms in total. The molecule has 0 radical (unpaired) electrons. The lowest BCUT2D eigenvalue weighted by Crippen LogP contribution is -2.52. The molecule has 0 amide bonds. The van der Waals surface area contributed by atoms with E-state index in [9.17, 15) is 5.11 Å². The summed E-state index contributed by atoms with van der Waals surface area (Å²) in [6.07, 6.45) is 4.15. The van der Waals surface area contributed by atoms with E-state index in [2.05, 4.69) is 20.9 Å². The van der Waals surface area contributed by atoms with E-state index in [-0.39, 0.29) is 6.10 Å². The molecule has 0 atom stereocenters. The number of rotatable bonds is 2. The van der Waals surface area contributed by atoms with Gasteiger partial charge in [0, 0.05) is 16.2 Å². The highest BCUT2D eigenvalue weighted by molar-refractivity contribution is 9.10. The van der Waals surface area contributed by atoms with Crippen LogP contribution in [0.3, 0.4) is 0 Å². The van der Waals surface area contributed by atoms with Crippen LogP contribution in [0.5, 0.6) is 5.75 Å². The molecule has 0 aromatic carbocycles. The second-order valence-electron chi connectivity index (χ2n) is 3.92. The van der Waals surface area contributed by atoms with Crippen LogP contribution >= 0.6 is 15.9 Å². The zero-order valence-electron chi connectivity index (χ0n) is 8.40. The Balaban J connectivity index is 2.42. The van der Waals surface area contributed by atoms with E-state index in [0.29, 0.717) is 18.6 Å². The van der Waals surface area contributed by atoms with Gasteiger partial charge in [-0.1, -0.05) is 0 Å². The van der Waals surface area contributed by atoms with E-state index in [1.807, 2.05) is 0 Å². The first-order valence-electron chi connectivity index (χ1n) is 4.72. The second-order valence-corrected chi connectivity index (χ2v) is 4.77. The van der Waals surface area contributed by atoms with Gasteiger partial charge in [-0.2, -0.15) is 0 Å². The van der Waals surface area contributed by atoms with Gasteiger partial charge in [0.1, 0.15) is 5.75 Å². The van der Waals surface area contributed by atoms with Gasteiger partial charge in [-0.05, 0) is 28.8 Å². The van der Waals surface area contributed by atoms with Crippen LogP contribution in [0.15, 0.2) is 16.9 Å². The van der Waals surface area contributed by atoms with Crippen LogP contribution in [0.2, 0.25) is 0 Å². The Labute approximate surface area is 96.6 Å². The molecule has 1 heterocycles. The van der Waals surface area contributed by atoms with Crippen LogP contribution in [-0.2, 0) is 5.54 Å². The number of nitrogens with zero attached hydrogens (tertiary/aromatic N) is 1. The number of aromatic nitrogens is 1. The molecule has 1 aliphatic carbocycles. The van der Waals surface area contributed by atoms with Gasteiger partial charge in [0.05, 0.1) is 24.9 Å². The summed E-state index contributed by atoms with van der Waals surface area (Å²) in [7, 11) is 1.59. The van der Waals surface area contributed by atoms with E-state index >= 15 is 0 Å². The molecule has 0 bridgehead atoms. The molecular formula is C10H13BrN2O2. The van der Waals surface area contributed by atoms with Crippen LogP contribution < -0.4 is 10.5 Å². The Morgan fingerprint density at radius 3 is 2.80 bits per heavy atom. The third kappa shape index (κ3) is 1.75. The van der Waals surface area contributed by atoms with Gasteiger partial charge in [0.25, 0.3) is 0 Å². The molecule has 0 saturated heterocycles. The molecule has 0 aliphatic heterocycles. The Hall–Kier alpha value is -0.650. The summed E-state index contributed by atoms with van der Waals surface area (Å²) in [6.45, 7) is 0. The summed E-state index contributed by atoms with van der Waals surface area (Å²) >= 11 is 3.41. The summed E-state index contributed by atoms with van der Waals surface area (Å²) in [5.41, 5.74) is 6.59. The van der Waals surface area contributed by atoms with Crippen LogP contribution in [-0.4, -0.2) is 23.3 Å².